The molecule has 0 unspecified atom stereocenters. The first-order valence-corrected chi connectivity index (χ1v) is 9.88. The summed E-state index contributed by atoms with van der Waals surface area (Å²) in [6.07, 6.45) is 0.191. The summed E-state index contributed by atoms with van der Waals surface area (Å²) in [5.74, 6) is -0.138. The van der Waals surface area contributed by atoms with Crippen molar-refractivity contribution >= 4 is 44.8 Å². The van der Waals surface area contributed by atoms with Gasteiger partial charge in [0.15, 0.2) is 0 Å². The summed E-state index contributed by atoms with van der Waals surface area (Å²) in [4.78, 5) is 11.6. The summed E-state index contributed by atoms with van der Waals surface area (Å²) in [5.41, 5.74) is 1.10. The summed E-state index contributed by atoms with van der Waals surface area (Å²) in [5, 5.41) is 3.06. The van der Waals surface area contributed by atoms with Crippen LogP contribution in [0.5, 0.6) is 0 Å². The number of methoxy groups -OCH3 is 1. The van der Waals surface area contributed by atoms with Crippen LogP contribution < -0.4 is 10.0 Å². The topological polar surface area (TPSA) is 84.5 Å². The van der Waals surface area contributed by atoms with E-state index in [1.807, 2.05) is 0 Å². The summed E-state index contributed by atoms with van der Waals surface area (Å²) >= 11 is 11.8. The molecule has 2 aromatic rings. The molecule has 1 amide bonds. The van der Waals surface area contributed by atoms with Crippen LogP contribution in [0.4, 0.5) is 5.69 Å². The number of ether oxygens (including phenoxy) is 1. The second-order valence-corrected chi connectivity index (χ2v) is 7.89. The van der Waals surface area contributed by atoms with Gasteiger partial charge in [0.2, 0.25) is 5.91 Å². The van der Waals surface area contributed by atoms with Gasteiger partial charge < -0.3 is 10.1 Å². The van der Waals surface area contributed by atoms with Crippen molar-refractivity contribution < 1.29 is 17.9 Å². The molecular weight excluding hydrogens is 399 g/mol. The van der Waals surface area contributed by atoms with Gasteiger partial charge in [0, 0.05) is 24.4 Å². The van der Waals surface area contributed by atoms with E-state index in [2.05, 4.69) is 10.0 Å². The minimum Gasteiger partial charge on any atom is -0.383 e. The molecule has 0 heterocycles. The molecule has 0 saturated carbocycles. The van der Waals surface area contributed by atoms with Crippen molar-refractivity contribution in [1.29, 1.82) is 0 Å². The number of hydrogen-bond acceptors (Lipinski definition) is 4. The highest BCUT2D eigenvalue weighted by molar-refractivity contribution is 7.92. The molecule has 2 N–H and O–H groups in total. The van der Waals surface area contributed by atoms with Crippen LogP contribution in [0, 0.1) is 0 Å². The van der Waals surface area contributed by atoms with Crippen molar-refractivity contribution in [3.05, 3.63) is 58.1 Å². The largest absolute Gasteiger partial charge is 0.383 e. The Morgan fingerprint density at radius 3 is 2.46 bits per heavy atom. The van der Waals surface area contributed by atoms with Gasteiger partial charge in [-0.2, -0.15) is 0 Å². The van der Waals surface area contributed by atoms with Gasteiger partial charge in [-0.1, -0.05) is 35.3 Å². The molecule has 0 bridgehead atoms. The van der Waals surface area contributed by atoms with Crippen molar-refractivity contribution in [3.63, 3.8) is 0 Å². The Morgan fingerprint density at radius 2 is 1.81 bits per heavy atom. The van der Waals surface area contributed by atoms with Crippen molar-refractivity contribution in [2.45, 2.75) is 11.3 Å². The van der Waals surface area contributed by atoms with Gasteiger partial charge in [-0.25, -0.2) is 8.42 Å². The van der Waals surface area contributed by atoms with E-state index in [4.69, 9.17) is 27.9 Å². The number of amides is 1. The molecule has 0 radical (unpaired) electrons. The minimum absolute atomic E-state index is 0.0752. The summed E-state index contributed by atoms with van der Waals surface area (Å²) in [6.45, 7) is 0.881. The number of hydrogen-bond donors (Lipinski definition) is 2. The third-order valence-electron chi connectivity index (χ3n) is 3.38. The van der Waals surface area contributed by atoms with Crippen molar-refractivity contribution in [1.82, 2.24) is 5.32 Å². The third kappa shape index (κ3) is 5.88. The highest BCUT2D eigenvalue weighted by Crippen LogP contribution is 2.26. The molecule has 9 heteroatoms. The highest BCUT2D eigenvalue weighted by Gasteiger charge is 2.18. The monoisotopic (exact) mass is 416 g/mol. The Balaban J connectivity index is 2.04. The first-order chi connectivity index (χ1) is 12.3. The number of carbonyl (C=O) groups is 1. The van der Waals surface area contributed by atoms with E-state index in [9.17, 15) is 13.2 Å². The van der Waals surface area contributed by atoms with E-state index in [1.165, 1.54) is 18.2 Å². The maximum Gasteiger partial charge on any atom is 0.263 e. The van der Waals surface area contributed by atoms with E-state index in [1.54, 1.807) is 31.4 Å². The minimum atomic E-state index is -3.88. The third-order valence-corrected chi connectivity index (χ3v) is 5.48. The van der Waals surface area contributed by atoms with Gasteiger partial charge in [-0.3, -0.25) is 9.52 Å². The van der Waals surface area contributed by atoms with E-state index in [0.29, 0.717) is 18.8 Å². The maximum absolute atomic E-state index is 12.5. The normalized spacial score (nSPS) is 11.2. The van der Waals surface area contributed by atoms with Gasteiger partial charge in [-0.05, 0) is 35.9 Å². The zero-order valence-corrected chi connectivity index (χ0v) is 16.3. The van der Waals surface area contributed by atoms with Gasteiger partial charge in [0.25, 0.3) is 10.0 Å². The van der Waals surface area contributed by atoms with Gasteiger partial charge in [-0.15, -0.1) is 0 Å². The van der Waals surface area contributed by atoms with Crippen LogP contribution >= 0.6 is 23.2 Å². The average molecular weight is 417 g/mol. The molecule has 0 aliphatic rings. The summed E-state index contributed by atoms with van der Waals surface area (Å²) < 4.78 is 32.2. The molecule has 6 nitrogen and oxygen atoms in total. The Morgan fingerprint density at radius 1 is 1.12 bits per heavy atom. The molecule has 0 atom stereocenters. The van der Waals surface area contributed by atoms with Crippen molar-refractivity contribution in [2.75, 3.05) is 25.0 Å². The second-order valence-electron chi connectivity index (χ2n) is 5.40. The zero-order valence-electron chi connectivity index (χ0n) is 14.0. The molecule has 0 saturated heterocycles. The lowest BCUT2D eigenvalue weighted by Gasteiger charge is -2.10. The van der Waals surface area contributed by atoms with Crippen LogP contribution in [-0.4, -0.2) is 34.6 Å². The molecule has 0 aliphatic heterocycles. The van der Waals surface area contributed by atoms with E-state index < -0.39 is 10.0 Å². The fraction of sp³-hybridized carbons (Fsp3) is 0.235. The van der Waals surface area contributed by atoms with E-state index in [-0.39, 0.29) is 27.3 Å². The van der Waals surface area contributed by atoms with Crippen LogP contribution in [0.2, 0.25) is 10.0 Å². The first kappa shape index (κ1) is 20.5. The van der Waals surface area contributed by atoms with Crippen LogP contribution in [-0.2, 0) is 26.0 Å². The first-order valence-electron chi connectivity index (χ1n) is 7.64. The standard InChI is InChI=1S/C17H18Cl2N2O4S/c1-25-9-8-20-17(22)10-12-2-5-14(6-3-12)21-26(23,24)16-11-13(18)4-7-15(16)19/h2-7,11,21H,8-10H2,1H3,(H,20,22). The number of benzene rings is 2. The van der Waals surface area contributed by atoms with Gasteiger partial charge in [0.05, 0.1) is 18.1 Å². The second kappa shape index (κ2) is 9.23. The molecule has 0 aliphatic carbocycles. The number of nitrogens with one attached hydrogen (secondary N) is 2. The quantitative estimate of drug-likeness (QED) is 0.647. The van der Waals surface area contributed by atoms with Crippen LogP contribution in [0.1, 0.15) is 5.56 Å². The SMILES string of the molecule is COCCNC(=O)Cc1ccc(NS(=O)(=O)c2cc(Cl)ccc2Cl)cc1. The smallest absolute Gasteiger partial charge is 0.263 e. The lowest BCUT2D eigenvalue weighted by Crippen LogP contribution is -2.28. The molecule has 140 valence electrons. The molecule has 26 heavy (non-hydrogen) atoms. The lowest BCUT2D eigenvalue weighted by molar-refractivity contribution is -0.120. The zero-order chi connectivity index (χ0) is 19.2. The molecule has 2 aromatic carbocycles. The van der Waals surface area contributed by atoms with Crippen LogP contribution in [0.25, 0.3) is 0 Å². The average Bonchev–Trinajstić information content (AvgIpc) is 2.59. The molecule has 0 spiro atoms. The van der Waals surface area contributed by atoms with Crippen LogP contribution in [0.15, 0.2) is 47.4 Å². The van der Waals surface area contributed by atoms with Crippen molar-refractivity contribution in [2.24, 2.45) is 0 Å². The highest BCUT2D eigenvalue weighted by atomic mass is 35.5. The number of anilines is 1. The maximum atomic E-state index is 12.5. The number of halogens is 2. The predicted molar refractivity (Wildman–Crippen MR) is 102 cm³/mol. The van der Waals surface area contributed by atoms with Crippen molar-refractivity contribution in [3.8, 4) is 0 Å². The fourth-order valence-electron chi connectivity index (χ4n) is 2.12. The predicted octanol–water partition coefficient (Wildman–Crippen LogP) is 3.10. The summed E-state index contributed by atoms with van der Waals surface area (Å²) in [6, 6.07) is 10.7. The van der Waals surface area contributed by atoms with E-state index >= 15 is 0 Å². The molecule has 2 rings (SSSR count). The van der Waals surface area contributed by atoms with Crippen LogP contribution in [0.3, 0.4) is 0 Å². The van der Waals surface area contributed by atoms with Gasteiger partial charge >= 0.3 is 0 Å². The number of carbonyl (C=O) groups excluding carboxylic acids is 1. The molecule has 0 aromatic heterocycles. The number of sulfonamides is 1. The Labute approximate surface area is 162 Å². The lowest BCUT2D eigenvalue weighted by atomic mass is 10.1. The van der Waals surface area contributed by atoms with E-state index in [0.717, 1.165) is 5.56 Å². The summed E-state index contributed by atoms with van der Waals surface area (Å²) in [7, 11) is -2.32. The molecule has 0 fully saturated rings. The number of rotatable bonds is 8. The molecular formula is C17H18Cl2N2O4S. The Hall–Kier alpha value is -1.80. The Bertz CT molecular complexity index is 871. The fourth-order valence-corrected chi connectivity index (χ4v) is 3.95. The Kier molecular flexibility index (Phi) is 7.28. The van der Waals surface area contributed by atoms with Gasteiger partial charge in [0.1, 0.15) is 4.90 Å².